The number of hydrogen-bond donors (Lipinski definition) is 8. The lowest BCUT2D eigenvalue weighted by Gasteiger charge is -2.26. The Labute approximate surface area is 173 Å². The molecule has 4 amide bonds. The van der Waals surface area contributed by atoms with Gasteiger partial charge in [0.05, 0.1) is 12.5 Å². The second-order valence-electron chi connectivity index (χ2n) is 6.81. The number of carboxylic acid groups (broad SMARTS) is 1. The highest BCUT2D eigenvalue weighted by Gasteiger charge is 2.32. The Kier molecular flexibility index (Phi) is 11.2. The standard InChI is InChI=1S/C16H29N5O7S/c1-6(2)12(21-14(25)11(18)7(3)22)15(26)19-8(4-10(17)23)13(24)20-9(5-29)16(27)28/h6-9,11-12,22,29H,4-5,18H2,1-3H3,(H2,17,23)(H,19,26)(H,20,24)(H,21,25)(H,27,28). The van der Waals surface area contributed by atoms with Gasteiger partial charge < -0.3 is 37.6 Å². The number of nitrogens with two attached hydrogens (primary N) is 2. The molecule has 0 bridgehead atoms. The Hall–Kier alpha value is -2.38. The third-order valence-corrected chi connectivity index (χ3v) is 4.27. The normalized spacial score (nSPS) is 16.1. The second-order valence-corrected chi connectivity index (χ2v) is 7.18. The van der Waals surface area contributed by atoms with Crippen molar-refractivity contribution in [1.82, 2.24) is 16.0 Å². The minimum atomic E-state index is -1.47. The summed E-state index contributed by atoms with van der Waals surface area (Å²) in [7, 11) is 0. The molecule has 0 aromatic carbocycles. The molecule has 0 aromatic rings. The van der Waals surface area contributed by atoms with Gasteiger partial charge in [-0.05, 0) is 12.8 Å². The molecule has 5 unspecified atom stereocenters. The van der Waals surface area contributed by atoms with Gasteiger partial charge in [-0.15, -0.1) is 0 Å². The van der Waals surface area contributed by atoms with Crippen molar-refractivity contribution in [3.8, 4) is 0 Å². The van der Waals surface area contributed by atoms with Crippen molar-refractivity contribution in [3.05, 3.63) is 0 Å². The lowest BCUT2D eigenvalue weighted by Crippen LogP contribution is -2.60. The largest absolute Gasteiger partial charge is 0.480 e. The fourth-order valence-corrected chi connectivity index (χ4v) is 2.38. The van der Waals surface area contributed by atoms with Gasteiger partial charge in [0.1, 0.15) is 24.2 Å². The molecule has 0 heterocycles. The lowest BCUT2D eigenvalue weighted by molar-refractivity contribution is -0.141. The van der Waals surface area contributed by atoms with Gasteiger partial charge >= 0.3 is 5.97 Å². The zero-order chi connectivity index (χ0) is 22.9. The molecule has 0 spiro atoms. The van der Waals surface area contributed by atoms with Crippen molar-refractivity contribution in [1.29, 1.82) is 0 Å². The zero-order valence-corrected chi connectivity index (χ0v) is 17.3. The van der Waals surface area contributed by atoms with Gasteiger partial charge in [0, 0.05) is 5.75 Å². The Morgan fingerprint density at radius 1 is 0.931 bits per heavy atom. The molecule has 12 nitrogen and oxygen atoms in total. The number of carboxylic acids is 1. The van der Waals surface area contributed by atoms with E-state index in [0.29, 0.717) is 0 Å². The second kappa shape index (κ2) is 12.2. The molecule has 0 saturated heterocycles. The Balaban J connectivity index is 5.38. The average molecular weight is 436 g/mol. The van der Waals surface area contributed by atoms with Gasteiger partial charge in [-0.3, -0.25) is 19.2 Å². The maximum atomic E-state index is 12.6. The predicted octanol–water partition coefficient (Wildman–Crippen LogP) is -3.31. The van der Waals surface area contributed by atoms with Gasteiger partial charge in [0.25, 0.3) is 0 Å². The number of rotatable bonds is 12. The van der Waals surface area contributed by atoms with Gasteiger partial charge in [-0.25, -0.2) is 4.79 Å². The number of aliphatic hydroxyl groups is 1. The zero-order valence-electron chi connectivity index (χ0n) is 16.4. The van der Waals surface area contributed by atoms with Crippen molar-refractivity contribution >= 4 is 42.2 Å². The van der Waals surface area contributed by atoms with E-state index in [1.54, 1.807) is 13.8 Å². The molecule has 0 aliphatic heterocycles. The minimum absolute atomic E-state index is 0.222. The van der Waals surface area contributed by atoms with E-state index in [4.69, 9.17) is 16.6 Å². The van der Waals surface area contributed by atoms with Crippen LogP contribution in [0.15, 0.2) is 0 Å². The Morgan fingerprint density at radius 3 is 1.83 bits per heavy atom. The summed E-state index contributed by atoms with van der Waals surface area (Å²) in [6.45, 7) is 4.54. The van der Waals surface area contributed by atoms with Gasteiger partial charge in [-0.2, -0.15) is 12.6 Å². The van der Waals surface area contributed by atoms with E-state index in [1.807, 2.05) is 0 Å². The van der Waals surface area contributed by atoms with Crippen LogP contribution < -0.4 is 27.4 Å². The molecule has 29 heavy (non-hydrogen) atoms. The maximum absolute atomic E-state index is 12.6. The summed E-state index contributed by atoms with van der Waals surface area (Å²) < 4.78 is 0. The number of primary amides is 1. The fourth-order valence-electron chi connectivity index (χ4n) is 2.13. The summed E-state index contributed by atoms with van der Waals surface area (Å²) in [5.41, 5.74) is 10.6. The number of aliphatic carboxylic acids is 1. The summed E-state index contributed by atoms with van der Waals surface area (Å²) in [4.78, 5) is 59.3. The van der Waals surface area contributed by atoms with Gasteiger partial charge in [0.15, 0.2) is 0 Å². The van der Waals surface area contributed by atoms with Crippen molar-refractivity contribution in [2.75, 3.05) is 5.75 Å². The number of hydrogen-bond acceptors (Lipinski definition) is 8. The van der Waals surface area contributed by atoms with E-state index in [9.17, 15) is 29.1 Å². The maximum Gasteiger partial charge on any atom is 0.327 e. The van der Waals surface area contributed by atoms with Crippen LogP contribution in [0, 0.1) is 5.92 Å². The molecule has 0 radical (unpaired) electrons. The van der Waals surface area contributed by atoms with Crippen LogP contribution in [-0.4, -0.2) is 75.8 Å². The number of carbonyl (C=O) groups excluding carboxylic acids is 4. The van der Waals surface area contributed by atoms with E-state index in [-0.39, 0.29) is 5.75 Å². The first kappa shape index (κ1) is 26.6. The van der Waals surface area contributed by atoms with Crippen molar-refractivity contribution < 1.29 is 34.2 Å². The van der Waals surface area contributed by atoms with Crippen LogP contribution in [0.3, 0.4) is 0 Å². The number of thiol groups is 1. The van der Waals surface area contributed by atoms with Crippen LogP contribution in [-0.2, 0) is 24.0 Å². The van der Waals surface area contributed by atoms with Gasteiger partial charge in [0.2, 0.25) is 23.6 Å². The Bertz CT molecular complexity index is 629. The molecule has 9 N–H and O–H groups in total. The first-order valence-electron chi connectivity index (χ1n) is 8.78. The summed E-state index contributed by atoms with van der Waals surface area (Å²) in [5, 5.41) is 25.2. The molecular formula is C16H29N5O7S. The van der Waals surface area contributed by atoms with E-state index >= 15 is 0 Å². The highest BCUT2D eigenvalue weighted by atomic mass is 32.1. The van der Waals surface area contributed by atoms with E-state index in [2.05, 4.69) is 28.6 Å². The molecule has 0 rings (SSSR count). The van der Waals surface area contributed by atoms with Crippen molar-refractivity contribution in [2.45, 2.75) is 57.5 Å². The third-order valence-electron chi connectivity index (χ3n) is 3.90. The number of carbonyl (C=O) groups is 5. The first-order valence-corrected chi connectivity index (χ1v) is 9.41. The molecule has 0 aliphatic rings. The monoisotopic (exact) mass is 435 g/mol. The molecular weight excluding hydrogens is 406 g/mol. The molecule has 0 fully saturated rings. The average Bonchev–Trinajstić information content (AvgIpc) is 2.61. The van der Waals surface area contributed by atoms with Crippen molar-refractivity contribution in [3.63, 3.8) is 0 Å². The van der Waals surface area contributed by atoms with E-state index in [1.165, 1.54) is 6.92 Å². The molecule has 166 valence electrons. The number of amides is 4. The predicted molar refractivity (Wildman–Crippen MR) is 106 cm³/mol. The van der Waals surface area contributed by atoms with E-state index in [0.717, 1.165) is 0 Å². The SMILES string of the molecule is CC(C)C(NC(=O)C(N)C(C)O)C(=O)NC(CC(N)=O)C(=O)NC(CS)C(=O)O. The van der Waals surface area contributed by atoms with Crippen LogP contribution in [0.1, 0.15) is 27.2 Å². The number of nitrogens with one attached hydrogen (secondary N) is 3. The highest BCUT2D eigenvalue weighted by Crippen LogP contribution is 2.05. The molecule has 0 aromatic heterocycles. The summed E-state index contributed by atoms with van der Waals surface area (Å²) in [5.74, 6) is -5.48. The Morgan fingerprint density at radius 2 is 1.45 bits per heavy atom. The summed E-state index contributed by atoms with van der Waals surface area (Å²) >= 11 is 3.82. The smallest absolute Gasteiger partial charge is 0.327 e. The topological polar surface area (TPSA) is 214 Å². The lowest BCUT2D eigenvalue weighted by atomic mass is 10.0. The molecule has 0 aliphatic carbocycles. The van der Waals surface area contributed by atoms with Crippen LogP contribution >= 0.6 is 12.6 Å². The minimum Gasteiger partial charge on any atom is -0.480 e. The molecule has 0 saturated carbocycles. The fraction of sp³-hybridized carbons (Fsp3) is 0.688. The van der Waals surface area contributed by atoms with Crippen LogP contribution in [0.25, 0.3) is 0 Å². The summed E-state index contributed by atoms with van der Waals surface area (Å²) in [6.07, 6.45) is -1.75. The quantitative estimate of drug-likeness (QED) is 0.145. The molecule has 5 atom stereocenters. The van der Waals surface area contributed by atoms with Gasteiger partial charge in [-0.1, -0.05) is 13.8 Å². The third kappa shape index (κ3) is 9.11. The van der Waals surface area contributed by atoms with E-state index < -0.39 is 72.2 Å². The molecule has 13 heteroatoms. The highest BCUT2D eigenvalue weighted by molar-refractivity contribution is 7.80. The summed E-state index contributed by atoms with van der Waals surface area (Å²) in [6, 6.07) is -5.23. The van der Waals surface area contributed by atoms with Crippen LogP contribution in [0.2, 0.25) is 0 Å². The van der Waals surface area contributed by atoms with Crippen LogP contribution in [0.5, 0.6) is 0 Å². The number of aliphatic hydroxyl groups excluding tert-OH is 1. The van der Waals surface area contributed by atoms with Crippen LogP contribution in [0.4, 0.5) is 0 Å². The first-order chi connectivity index (χ1) is 13.3. The van der Waals surface area contributed by atoms with Crippen molar-refractivity contribution in [2.24, 2.45) is 17.4 Å².